The predicted octanol–water partition coefficient (Wildman–Crippen LogP) is 2.17. The number of aromatic hydroxyl groups is 1. The summed E-state index contributed by atoms with van der Waals surface area (Å²) in [5.74, 6) is 0.441. The molecule has 1 amide bonds. The van der Waals surface area contributed by atoms with Crippen LogP contribution in [0.5, 0.6) is 5.75 Å². The summed E-state index contributed by atoms with van der Waals surface area (Å²) in [5.41, 5.74) is 3.63. The first-order valence-electron chi connectivity index (χ1n) is 7.47. The molecular formula is C17H15N5O2. The normalized spacial score (nSPS) is 12.8. The number of anilines is 2. The van der Waals surface area contributed by atoms with Gasteiger partial charge in [0.25, 0.3) is 5.91 Å². The van der Waals surface area contributed by atoms with Gasteiger partial charge in [0.05, 0.1) is 5.69 Å². The second kappa shape index (κ2) is 5.38. The molecule has 0 spiro atoms. The Morgan fingerprint density at radius 1 is 1.33 bits per heavy atom. The van der Waals surface area contributed by atoms with Crippen molar-refractivity contribution in [1.82, 2.24) is 19.9 Å². The molecule has 2 aromatic heterocycles. The molecule has 0 saturated heterocycles. The quantitative estimate of drug-likeness (QED) is 0.673. The molecule has 7 nitrogen and oxygen atoms in total. The summed E-state index contributed by atoms with van der Waals surface area (Å²) >= 11 is 0. The number of carbonyl (C=O) groups is 1. The van der Waals surface area contributed by atoms with Crippen LogP contribution in [-0.2, 0) is 13.6 Å². The maximum Gasteiger partial charge on any atom is 0.268 e. The first kappa shape index (κ1) is 14.3. The molecule has 120 valence electrons. The summed E-state index contributed by atoms with van der Waals surface area (Å²) in [6.07, 6.45) is 3.54. The highest BCUT2D eigenvalue weighted by Gasteiger charge is 2.24. The summed E-state index contributed by atoms with van der Waals surface area (Å²) in [6.45, 7) is 0.384. The van der Waals surface area contributed by atoms with Gasteiger partial charge in [-0.1, -0.05) is 6.07 Å². The number of amides is 1. The van der Waals surface area contributed by atoms with Crippen LogP contribution in [0.4, 0.5) is 11.6 Å². The van der Waals surface area contributed by atoms with E-state index < -0.39 is 0 Å². The van der Waals surface area contributed by atoms with Crippen LogP contribution < -0.4 is 10.6 Å². The van der Waals surface area contributed by atoms with Gasteiger partial charge in [-0.25, -0.2) is 9.97 Å². The minimum atomic E-state index is -0.127. The second-order valence-corrected chi connectivity index (χ2v) is 5.61. The Labute approximate surface area is 138 Å². The lowest BCUT2D eigenvalue weighted by Crippen LogP contribution is -2.23. The summed E-state index contributed by atoms with van der Waals surface area (Å²) in [6, 6.07) is 8.61. The molecular weight excluding hydrogens is 306 g/mol. The Morgan fingerprint density at radius 2 is 2.21 bits per heavy atom. The fourth-order valence-electron chi connectivity index (χ4n) is 2.80. The first-order chi connectivity index (χ1) is 11.6. The van der Waals surface area contributed by atoms with Gasteiger partial charge in [-0.2, -0.15) is 0 Å². The Bertz CT molecular complexity index is 948. The average Bonchev–Trinajstić information content (AvgIpc) is 2.88. The third kappa shape index (κ3) is 2.36. The molecule has 7 heteroatoms. The van der Waals surface area contributed by atoms with Gasteiger partial charge in [-0.3, -0.25) is 4.79 Å². The number of hydrogen-bond acceptors (Lipinski definition) is 5. The first-order valence-corrected chi connectivity index (χ1v) is 7.47. The number of nitrogens with zero attached hydrogens (tertiary/aromatic N) is 3. The van der Waals surface area contributed by atoms with Crippen molar-refractivity contribution in [2.75, 3.05) is 5.32 Å². The number of carbonyl (C=O) groups excluding carboxylic acids is 1. The predicted molar refractivity (Wildman–Crippen MR) is 89.0 cm³/mol. The molecule has 3 N–H and O–H groups in total. The number of aromatic nitrogens is 3. The Hall–Kier alpha value is -3.35. The SMILES string of the molecule is Cn1ccc2c1C(=O)NCc1cnc(Nc3cccc(O)c3)nc1-2. The zero-order valence-electron chi connectivity index (χ0n) is 12.9. The summed E-state index contributed by atoms with van der Waals surface area (Å²) in [5, 5.41) is 15.5. The standard InChI is InChI=1S/C17H15N5O2/c1-22-6-5-13-14-10(8-18-16(24)15(13)22)9-19-17(21-14)20-11-3-2-4-12(23)7-11/h2-7,9,23H,8H2,1H3,(H,18,24)(H,19,20,21). The summed E-state index contributed by atoms with van der Waals surface area (Å²) in [4.78, 5) is 21.1. The number of aryl methyl sites for hydroxylation is 1. The summed E-state index contributed by atoms with van der Waals surface area (Å²) < 4.78 is 1.78. The van der Waals surface area contributed by atoms with Crippen molar-refractivity contribution in [3.05, 3.63) is 54.0 Å². The summed E-state index contributed by atoms with van der Waals surface area (Å²) in [7, 11) is 1.83. The minimum Gasteiger partial charge on any atom is -0.508 e. The van der Waals surface area contributed by atoms with Gasteiger partial charge in [-0.15, -0.1) is 0 Å². The van der Waals surface area contributed by atoms with Gasteiger partial charge in [0, 0.05) is 48.9 Å². The van der Waals surface area contributed by atoms with Crippen LogP contribution in [0, 0.1) is 0 Å². The molecule has 3 aromatic rings. The molecule has 0 atom stereocenters. The number of benzene rings is 1. The van der Waals surface area contributed by atoms with Crippen LogP contribution in [0.3, 0.4) is 0 Å². The molecule has 4 rings (SSSR count). The highest BCUT2D eigenvalue weighted by Crippen LogP contribution is 2.30. The van der Waals surface area contributed by atoms with E-state index in [1.165, 1.54) is 0 Å². The molecule has 0 bridgehead atoms. The third-order valence-corrected chi connectivity index (χ3v) is 3.95. The lowest BCUT2D eigenvalue weighted by Gasteiger charge is -2.09. The van der Waals surface area contributed by atoms with Gasteiger partial charge in [-0.05, 0) is 18.2 Å². The monoisotopic (exact) mass is 321 g/mol. The maximum absolute atomic E-state index is 12.2. The molecule has 1 aliphatic rings. The molecule has 3 heterocycles. The van der Waals surface area contributed by atoms with Crippen LogP contribution in [0.1, 0.15) is 16.1 Å². The van der Waals surface area contributed by atoms with Gasteiger partial charge in [0.15, 0.2) is 0 Å². The Morgan fingerprint density at radius 3 is 3.04 bits per heavy atom. The van der Waals surface area contributed by atoms with E-state index in [2.05, 4.69) is 20.6 Å². The van der Waals surface area contributed by atoms with Gasteiger partial charge >= 0.3 is 0 Å². The van der Waals surface area contributed by atoms with Crippen LogP contribution >= 0.6 is 0 Å². The molecule has 0 unspecified atom stereocenters. The molecule has 1 aliphatic heterocycles. The van der Waals surface area contributed by atoms with Crippen molar-refractivity contribution in [3.63, 3.8) is 0 Å². The van der Waals surface area contributed by atoms with Crippen LogP contribution in [0.15, 0.2) is 42.7 Å². The molecule has 0 fully saturated rings. The number of phenolic OH excluding ortho intramolecular Hbond substituents is 1. The topological polar surface area (TPSA) is 92.1 Å². The molecule has 0 saturated carbocycles. The highest BCUT2D eigenvalue weighted by atomic mass is 16.3. The van der Waals surface area contributed by atoms with E-state index in [4.69, 9.17) is 0 Å². The Balaban J connectivity index is 1.78. The van der Waals surface area contributed by atoms with Gasteiger partial charge in [0.1, 0.15) is 11.4 Å². The number of hydrogen-bond donors (Lipinski definition) is 3. The van der Waals surface area contributed by atoms with Gasteiger partial charge in [0.2, 0.25) is 5.95 Å². The van der Waals surface area contributed by atoms with E-state index in [0.717, 1.165) is 16.8 Å². The van der Waals surface area contributed by atoms with E-state index in [9.17, 15) is 9.90 Å². The van der Waals surface area contributed by atoms with Crippen LogP contribution in [0.2, 0.25) is 0 Å². The van der Waals surface area contributed by atoms with Crippen molar-refractivity contribution < 1.29 is 9.90 Å². The number of fused-ring (bicyclic) bond motifs is 3. The average molecular weight is 321 g/mol. The van der Waals surface area contributed by atoms with Gasteiger partial charge < -0.3 is 20.3 Å². The van der Waals surface area contributed by atoms with E-state index >= 15 is 0 Å². The molecule has 0 aliphatic carbocycles. The van der Waals surface area contributed by atoms with Crippen molar-refractivity contribution in [2.45, 2.75) is 6.54 Å². The fraction of sp³-hybridized carbons (Fsp3) is 0.118. The van der Waals surface area contributed by atoms with Crippen molar-refractivity contribution in [3.8, 4) is 17.0 Å². The highest BCUT2D eigenvalue weighted by molar-refractivity contribution is 6.00. The zero-order valence-corrected chi connectivity index (χ0v) is 12.9. The second-order valence-electron chi connectivity index (χ2n) is 5.61. The smallest absolute Gasteiger partial charge is 0.268 e. The van der Waals surface area contributed by atoms with Crippen LogP contribution in [-0.4, -0.2) is 25.5 Å². The lowest BCUT2D eigenvalue weighted by atomic mass is 10.1. The van der Waals surface area contributed by atoms with E-state index in [1.807, 2.05) is 25.4 Å². The Kier molecular flexibility index (Phi) is 3.19. The maximum atomic E-state index is 12.2. The van der Waals surface area contributed by atoms with Crippen LogP contribution in [0.25, 0.3) is 11.3 Å². The largest absolute Gasteiger partial charge is 0.508 e. The zero-order chi connectivity index (χ0) is 16.7. The van der Waals surface area contributed by atoms with Crippen molar-refractivity contribution >= 4 is 17.5 Å². The van der Waals surface area contributed by atoms with Crippen molar-refractivity contribution in [2.24, 2.45) is 7.05 Å². The number of rotatable bonds is 2. The van der Waals surface area contributed by atoms with E-state index in [-0.39, 0.29) is 11.7 Å². The fourth-order valence-corrected chi connectivity index (χ4v) is 2.80. The number of nitrogens with one attached hydrogen (secondary N) is 2. The van der Waals surface area contributed by atoms with E-state index in [1.54, 1.807) is 29.0 Å². The van der Waals surface area contributed by atoms with Crippen molar-refractivity contribution in [1.29, 1.82) is 0 Å². The lowest BCUT2D eigenvalue weighted by molar-refractivity contribution is 0.0945. The molecule has 24 heavy (non-hydrogen) atoms. The molecule has 0 radical (unpaired) electrons. The minimum absolute atomic E-state index is 0.127. The van der Waals surface area contributed by atoms with E-state index in [0.29, 0.717) is 23.9 Å². The third-order valence-electron chi connectivity index (χ3n) is 3.95. The molecule has 1 aromatic carbocycles. The number of phenols is 1.